The van der Waals surface area contributed by atoms with E-state index in [-0.39, 0.29) is 36.1 Å². The minimum Gasteiger partial charge on any atom is -0.465 e. The number of methoxy groups -OCH3 is 1. The summed E-state index contributed by atoms with van der Waals surface area (Å²) in [5.41, 5.74) is 0.719. The van der Waals surface area contributed by atoms with Crippen molar-refractivity contribution in [1.29, 1.82) is 0 Å². The highest BCUT2D eigenvalue weighted by Gasteiger charge is 2.18. The maximum atomic E-state index is 12.2. The first kappa shape index (κ1) is 24.1. The molecular formula is C15H25Cl2N3O4S. The molecule has 0 spiro atoms. The molecule has 1 aromatic rings. The summed E-state index contributed by atoms with van der Waals surface area (Å²) in [7, 11) is -2.22. The van der Waals surface area contributed by atoms with Gasteiger partial charge in [-0.3, -0.25) is 4.90 Å². The van der Waals surface area contributed by atoms with Crippen LogP contribution in [0.3, 0.4) is 0 Å². The fourth-order valence-electron chi connectivity index (χ4n) is 2.51. The Morgan fingerprint density at radius 3 is 2.52 bits per heavy atom. The fraction of sp³-hybridized carbons (Fsp3) is 0.533. The molecular weight excluding hydrogens is 389 g/mol. The molecule has 144 valence electrons. The van der Waals surface area contributed by atoms with Crippen LogP contribution in [-0.2, 0) is 20.5 Å². The van der Waals surface area contributed by atoms with Gasteiger partial charge in [0.15, 0.2) is 0 Å². The monoisotopic (exact) mass is 413 g/mol. The lowest BCUT2D eigenvalue weighted by atomic mass is 10.1. The van der Waals surface area contributed by atoms with Crippen molar-refractivity contribution in [3.8, 4) is 0 Å². The molecule has 0 aliphatic carbocycles. The van der Waals surface area contributed by atoms with E-state index in [1.54, 1.807) is 24.3 Å². The van der Waals surface area contributed by atoms with Gasteiger partial charge in [0, 0.05) is 39.3 Å². The summed E-state index contributed by atoms with van der Waals surface area (Å²) in [6.45, 7) is 4.75. The van der Waals surface area contributed by atoms with Crippen LogP contribution >= 0.6 is 24.8 Å². The first-order valence-corrected chi connectivity index (χ1v) is 9.24. The van der Waals surface area contributed by atoms with Crippen molar-refractivity contribution < 1.29 is 17.9 Å². The molecule has 1 aliphatic heterocycles. The minimum absolute atomic E-state index is 0. The summed E-state index contributed by atoms with van der Waals surface area (Å²) in [6.07, 6.45) is 0. The number of sulfonamides is 1. The summed E-state index contributed by atoms with van der Waals surface area (Å²) in [6, 6.07) is 6.58. The van der Waals surface area contributed by atoms with Crippen molar-refractivity contribution in [2.24, 2.45) is 0 Å². The van der Waals surface area contributed by atoms with Crippen molar-refractivity contribution in [2.75, 3.05) is 46.4 Å². The van der Waals surface area contributed by atoms with Crippen molar-refractivity contribution >= 4 is 40.8 Å². The van der Waals surface area contributed by atoms with E-state index in [0.717, 1.165) is 26.2 Å². The van der Waals surface area contributed by atoms with E-state index in [4.69, 9.17) is 0 Å². The van der Waals surface area contributed by atoms with Crippen LogP contribution in [0.5, 0.6) is 0 Å². The van der Waals surface area contributed by atoms with E-state index in [2.05, 4.69) is 19.7 Å². The number of esters is 1. The Morgan fingerprint density at radius 2 is 1.88 bits per heavy atom. The van der Waals surface area contributed by atoms with Gasteiger partial charge >= 0.3 is 5.97 Å². The van der Waals surface area contributed by atoms with Gasteiger partial charge in [0.25, 0.3) is 0 Å². The Morgan fingerprint density at radius 1 is 1.24 bits per heavy atom. The molecule has 1 aliphatic rings. The predicted octanol–water partition coefficient (Wildman–Crippen LogP) is 0.641. The van der Waals surface area contributed by atoms with Crippen molar-refractivity contribution in [3.63, 3.8) is 0 Å². The summed E-state index contributed by atoms with van der Waals surface area (Å²) in [5.74, 6) is -0.767. The summed E-state index contributed by atoms with van der Waals surface area (Å²) in [4.78, 5) is 13.9. The van der Waals surface area contributed by atoms with Gasteiger partial charge in [0.1, 0.15) is 0 Å². The first-order chi connectivity index (χ1) is 11.0. The zero-order valence-electron chi connectivity index (χ0n) is 14.1. The maximum Gasteiger partial charge on any atom is 0.338 e. The second-order valence-corrected chi connectivity index (χ2v) is 7.20. The molecule has 1 aromatic carbocycles. The molecule has 0 aromatic heterocycles. The third-order valence-electron chi connectivity index (χ3n) is 3.73. The first-order valence-electron chi connectivity index (χ1n) is 7.58. The van der Waals surface area contributed by atoms with Crippen LogP contribution < -0.4 is 10.0 Å². The zero-order chi connectivity index (χ0) is 16.7. The van der Waals surface area contributed by atoms with Crippen LogP contribution in [0.2, 0.25) is 0 Å². The van der Waals surface area contributed by atoms with Crippen LogP contribution in [-0.4, -0.2) is 65.7 Å². The second-order valence-electron chi connectivity index (χ2n) is 5.39. The van der Waals surface area contributed by atoms with Crippen LogP contribution in [0.1, 0.15) is 15.9 Å². The molecule has 0 unspecified atom stereocenters. The number of benzene rings is 1. The number of halogens is 2. The highest BCUT2D eigenvalue weighted by atomic mass is 35.5. The third kappa shape index (κ3) is 7.89. The van der Waals surface area contributed by atoms with Crippen LogP contribution in [0.4, 0.5) is 0 Å². The van der Waals surface area contributed by atoms with Gasteiger partial charge in [-0.2, -0.15) is 0 Å². The normalized spacial score (nSPS) is 14.9. The Hall–Kier alpha value is -0.900. The Balaban J connectivity index is 0.00000288. The number of piperazine rings is 1. The van der Waals surface area contributed by atoms with Crippen LogP contribution in [0, 0.1) is 0 Å². The molecule has 25 heavy (non-hydrogen) atoms. The molecule has 10 heteroatoms. The van der Waals surface area contributed by atoms with E-state index in [1.807, 2.05) is 0 Å². The SMILES string of the molecule is COC(=O)c1ccccc1CS(=O)(=O)NCCN1CCNCC1.Cl.Cl. The van der Waals surface area contributed by atoms with Gasteiger partial charge in [-0.1, -0.05) is 18.2 Å². The summed E-state index contributed by atoms with van der Waals surface area (Å²) >= 11 is 0. The van der Waals surface area contributed by atoms with Crippen molar-refractivity contribution in [1.82, 2.24) is 14.9 Å². The maximum absolute atomic E-state index is 12.2. The van der Waals surface area contributed by atoms with Gasteiger partial charge in [-0.25, -0.2) is 17.9 Å². The van der Waals surface area contributed by atoms with Gasteiger partial charge < -0.3 is 10.1 Å². The lowest BCUT2D eigenvalue weighted by Gasteiger charge is -2.27. The average molecular weight is 414 g/mol. The Labute approximate surface area is 161 Å². The number of rotatable bonds is 7. The molecule has 1 heterocycles. The van der Waals surface area contributed by atoms with E-state index in [9.17, 15) is 13.2 Å². The second kappa shape index (κ2) is 11.7. The third-order valence-corrected chi connectivity index (χ3v) is 5.06. The minimum atomic E-state index is -3.50. The number of carbonyl (C=O) groups is 1. The number of carbonyl (C=O) groups excluding carboxylic acids is 1. The van der Waals surface area contributed by atoms with Gasteiger partial charge in [-0.05, 0) is 11.6 Å². The van der Waals surface area contributed by atoms with Crippen LogP contribution in [0.15, 0.2) is 24.3 Å². The largest absolute Gasteiger partial charge is 0.465 e. The number of nitrogens with zero attached hydrogens (tertiary/aromatic N) is 1. The summed E-state index contributed by atoms with van der Waals surface area (Å²) < 4.78 is 31.7. The smallest absolute Gasteiger partial charge is 0.338 e. The highest BCUT2D eigenvalue weighted by molar-refractivity contribution is 7.88. The Kier molecular flexibility index (Phi) is 11.2. The van der Waals surface area contributed by atoms with E-state index in [1.165, 1.54) is 7.11 Å². The quantitative estimate of drug-likeness (QED) is 0.637. The molecule has 1 saturated heterocycles. The lowest BCUT2D eigenvalue weighted by molar-refractivity contribution is 0.0600. The van der Waals surface area contributed by atoms with Gasteiger partial charge in [-0.15, -0.1) is 24.8 Å². The molecule has 0 radical (unpaired) electrons. The Bertz CT molecular complexity index is 637. The van der Waals surface area contributed by atoms with Crippen molar-refractivity contribution in [2.45, 2.75) is 5.75 Å². The van der Waals surface area contributed by atoms with Gasteiger partial charge in [0.2, 0.25) is 10.0 Å². The fourth-order valence-corrected chi connectivity index (χ4v) is 3.67. The molecule has 0 bridgehead atoms. The van der Waals surface area contributed by atoms with E-state index < -0.39 is 16.0 Å². The number of hydrogen-bond donors (Lipinski definition) is 2. The van der Waals surface area contributed by atoms with E-state index in [0.29, 0.717) is 18.7 Å². The van der Waals surface area contributed by atoms with Crippen LogP contribution in [0.25, 0.3) is 0 Å². The molecule has 1 fully saturated rings. The van der Waals surface area contributed by atoms with Gasteiger partial charge in [0.05, 0.1) is 18.4 Å². The molecule has 0 saturated carbocycles. The summed E-state index contributed by atoms with van der Waals surface area (Å²) in [5, 5.41) is 3.25. The molecule has 0 amide bonds. The van der Waals surface area contributed by atoms with Crippen molar-refractivity contribution in [3.05, 3.63) is 35.4 Å². The standard InChI is InChI=1S/C15H23N3O4S.2ClH/c1-22-15(19)14-5-3-2-4-13(14)12-23(20,21)17-8-11-18-9-6-16-7-10-18;;/h2-5,16-17H,6-12H2,1H3;2*1H. The molecule has 0 atom stereocenters. The number of ether oxygens (including phenoxy) is 1. The lowest BCUT2D eigenvalue weighted by Crippen LogP contribution is -2.46. The molecule has 2 rings (SSSR count). The van der Waals surface area contributed by atoms with E-state index >= 15 is 0 Å². The predicted molar refractivity (Wildman–Crippen MR) is 102 cm³/mol. The molecule has 2 N–H and O–H groups in total. The number of nitrogens with one attached hydrogen (secondary N) is 2. The number of hydrogen-bond acceptors (Lipinski definition) is 6. The zero-order valence-corrected chi connectivity index (χ0v) is 16.5. The topological polar surface area (TPSA) is 87.7 Å². The average Bonchev–Trinajstić information content (AvgIpc) is 2.55. The molecule has 7 nitrogen and oxygen atoms in total. The highest BCUT2D eigenvalue weighted by Crippen LogP contribution is 2.13.